The lowest BCUT2D eigenvalue weighted by Crippen LogP contribution is -2.30. The van der Waals surface area contributed by atoms with Gasteiger partial charge in [0.2, 0.25) is 0 Å². The quantitative estimate of drug-likeness (QED) is 0.0261. The maximum Gasteiger partial charge on any atom is 0.306 e. The third kappa shape index (κ3) is 65.7. The van der Waals surface area contributed by atoms with Crippen LogP contribution in [0.25, 0.3) is 0 Å². The summed E-state index contributed by atoms with van der Waals surface area (Å²) in [6.07, 6.45) is 89.7. The summed E-state index contributed by atoms with van der Waals surface area (Å²) in [5.74, 6) is -0.863. The number of esters is 3. The molecule has 1 atom stereocenters. The van der Waals surface area contributed by atoms with Gasteiger partial charge in [-0.15, -0.1) is 0 Å². The average molecular weight is 1120 g/mol. The van der Waals surface area contributed by atoms with Crippen LogP contribution in [-0.2, 0) is 28.6 Å². The lowest BCUT2D eigenvalue weighted by molar-refractivity contribution is -0.167. The molecular formula is C74H132O6. The van der Waals surface area contributed by atoms with Crippen LogP contribution in [0.5, 0.6) is 0 Å². The Hall–Kier alpha value is -3.15. The van der Waals surface area contributed by atoms with Gasteiger partial charge in [0.25, 0.3) is 0 Å². The van der Waals surface area contributed by atoms with Crippen LogP contribution < -0.4 is 0 Å². The summed E-state index contributed by atoms with van der Waals surface area (Å²) >= 11 is 0. The lowest BCUT2D eigenvalue weighted by atomic mass is 10.0. The van der Waals surface area contributed by atoms with E-state index < -0.39 is 6.10 Å². The van der Waals surface area contributed by atoms with Gasteiger partial charge in [-0.3, -0.25) is 14.4 Å². The maximum atomic E-state index is 12.9. The first kappa shape index (κ1) is 76.9. The summed E-state index contributed by atoms with van der Waals surface area (Å²) in [4.78, 5) is 38.1. The van der Waals surface area contributed by atoms with Gasteiger partial charge in [-0.05, 0) is 70.6 Å². The van der Waals surface area contributed by atoms with E-state index in [4.69, 9.17) is 14.2 Å². The zero-order valence-corrected chi connectivity index (χ0v) is 53.3. The van der Waals surface area contributed by atoms with E-state index in [0.29, 0.717) is 19.3 Å². The number of ether oxygens (including phenoxy) is 3. The van der Waals surface area contributed by atoms with Crippen molar-refractivity contribution in [3.05, 3.63) is 72.9 Å². The van der Waals surface area contributed by atoms with Crippen LogP contribution in [-0.4, -0.2) is 37.2 Å². The number of unbranched alkanes of at least 4 members (excludes halogenated alkanes) is 41. The van der Waals surface area contributed by atoms with Crippen molar-refractivity contribution in [3.63, 3.8) is 0 Å². The third-order valence-electron chi connectivity index (χ3n) is 15.5. The van der Waals surface area contributed by atoms with E-state index in [9.17, 15) is 14.4 Å². The predicted octanol–water partition coefficient (Wildman–Crippen LogP) is 24.1. The highest BCUT2D eigenvalue weighted by molar-refractivity contribution is 5.71. The first-order chi connectivity index (χ1) is 39.5. The zero-order chi connectivity index (χ0) is 57.8. The number of hydrogen-bond donors (Lipinski definition) is 0. The minimum atomic E-state index is -0.771. The number of carbonyl (C=O) groups is 3. The van der Waals surface area contributed by atoms with Gasteiger partial charge >= 0.3 is 17.9 Å². The summed E-state index contributed by atoms with van der Waals surface area (Å²) in [5, 5.41) is 0. The van der Waals surface area contributed by atoms with Gasteiger partial charge in [-0.2, -0.15) is 0 Å². The zero-order valence-electron chi connectivity index (χ0n) is 53.3. The number of rotatable bonds is 64. The molecule has 464 valence electrons. The van der Waals surface area contributed by atoms with Crippen molar-refractivity contribution in [2.75, 3.05) is 13.2 Å². The first-order valence-corrected chi connectivity index (χ1v) is 34.9. The Morgan fingerprint density at radius 1 is 0.263 bits per heavy atom. The van der Waals surface area contributed by atoms with E-state index in [1.54, 1.807) is 0 Å². The second kappa shape index (κ2) is 68.3. The Morgan fingerprint density at radius 2 is 0.487 bits per heavy atom. The van der Waals surface area contributed by atoms with E-state index >= 15 is 0 Å². The van der Waals surface area contributed by atoms with Crippen molar-refractivity contribution >= 4 is 17.9 Å². The normalized spacial score (nSPS) is 12.5. The molecule has 0 amide bonds. The Bertz CT molecular complexity index is 1470. The van der Waals surface area contributed by atoms with E-state index in [2.05, 4.69) is 93.7 Å². The van der Waals surface area contributed by atoms with E-state index in [0.717, 1.165) is 96.3 Å². The van der Waals surface area contributed by atoms with E-state index in [1.165, 1.54) is 225 Å². The molecule has 0 N–H and O–H groups in total. The van der Waals surface area contributed by atoms with Crippen LogP contribution in [0.1, 0.15) is 361 Å². The minimum Gasteiger partial charge on any atom is -0.462 e. The molecule has 0 aliphatic carbocycles. The second-order valence-corrected chi connectivity index (χ2v) is 23.4. The monoisotopic (exact) mass is 1120 g/mol. The van der Waals surface area contributed by atoms with Gasteiger partial charge in [0.15, 0.2) is 6.10 Å². The molecule has 0 rings (SSSR count). The molecule has 0 aliphatic heterocycles. The summed E-state index contributed by atoms with van der Waals surface area (Å²) in [5.41, 5.74) is 0. The molecule has 0 fully saturated rings. The molecule has 1 unspecified atom stereocenters. The predicted molar refractivity (Wildman–Crippen MR) is 348 cm³/mol. The molecule has 0 saturated heterocycles. The molecule has 0 aromatic heterocycles. The largest absolute Gasteiger partial charge is 0.462 e. The molecule has 0 saturated carbocycles. The molecular weight excluding hydrogens is 985 g/mol. The lowest BCUT2D eigenvalue weighted by Gasteiger charge is -2.18. The first-order valence-electron chi connectivity index (χ1n) is 34.9. The fourth-order valence-electron chi connectivity index (χ4n) is 10.3. The fraction of sp³-hybridized carbons (Fsp3) is 0.797. The van der Waals surface area contributed by atoms with Crippen molar-refractivity contribution in [1.29, 1.82) is 0 Å². The molecule has 0 heterocycles. The van der Waals surface area contributed by atoms with Crippen LogP contribution in [0.4, 0.5) is 0 Å². The van der Waals surface area contributed by atoms with E-state index in [-0.39, 0.29) is 31.1 Å². The summed E-state index contributed by atoms with van der Waals surface area (Å²) in [7, 11) is 0. The molecule has 0 aliphatic rings. The number of carbonyl (C=O) groups excluding carboxylic acids is 3. The Balaban J connectivity index is 4.01. The van der Waals surface area contributed by atoms with Crippen LogP contribution >= 0.6 is 0 Å². The topological polar surface area (TPSA) is 78.9 Å². The summed E-state index contributed by atoms with van der Waals surface area (Å²) < 4.78 is 16.9. The standard InChI is InChI=1S/C74H132O6/c1-4-7-10-13-16-18-20-22-24-26-28-30-32-34-35-36-37-38-39-41-42-44-46-48-50-52-54-56-58-61-64-67-73(76)79-70-71(69-78-72(75)66-63-60-15-12-9-6-3)80-74(77)68-65-62-59-57-55-53-51-49-47-45-43-40-33-31-29-27-25-23-21-19-17-14-11-8-5-2/h7,10,16,18,22,24,28,30,34-35,37-38,71H,4-6,8-9,11-15,17,19-21,23,25-27,29,31-33,36,39-70H2,1-3H3/b10-7-,18-16-,24-22-,30-28-,35-34-,38-37-. The van der Waals surface area contributed by atoms with Gasteiger partial charge < -0.3 is 14.2 Å². The Morgan fingerprint density at radius 3 is 0.762 bits per heavy atom. The fourth-order valence-corrected chi connectivity index (χ4v) is 10.3. The molecule has 0 spiro atoms. The average Bonchev–Trinajstić information content (AvgIpc) is 3.46. The Labute approximate surface area is 497 Å². The van der Waals surface area contributed by atoms with E-state index in [1.807, 2.05) is 0 Å². The Kier molecular flexibility index (Phi) is 65.7. The third-order valence-corrected chi connectivity index (χ3v) is 15.5. The van der Waals surface area contributed by atoms with Gasteiger partial charge in [-0.25, -0.2) is 0 Å². The van der Waals surface area contributed by atoms with Crippen LogP contribution in [0.15, 0.2) is 72.9 Å². The van der Waals surface area contributed by atoms with Gasteiger partial charge in [0.1, 0.15) is 13.2 Å². The molecule has 6 nitrogen and oxygen atoms in total. The maximum absolute atomic E-state index is 12.9. The smallest absolute Gasteiger partial charge is 0.306 e. The van der Waals surface area contributed by atoms with Crippen molar-refractivity contribution in [1.82, 2.24) is 0 Å². The van der Waals surface area contributed by atoms with Crippen LogP contribution in [0.2, 0.25) is 0 Å². The van der Waals surface area contributed by atoms with Gasteiger partial charge in [0.05, 0.1) is 0 Å². The number of allylic oxidation sites excluding steroid dienone is 12. The highest BCUT2D eigenvalue weighted by Crippen LogP contribution is 2.18. The number of hydrogen-bond acceptors (Lipinski definition) is 6. The SMILES string of the molecule is CC/C=C\C/C=C\C/C=C\C/C=C\C/C=C\C/C=C\CCCCCCCCCCCCCCC(=O)OCC(COC(=O)CCCCCCCC)OC(=O)CCCCCCCCCCCCCCCCCCCCCCCCCCC. The highest BCUT2D eigenvalue weighted by atomic mass is 16.6. The highest BCUT2D eigenvalue weighted by Gasteiger charge is 2.19. The van der Waals surface area contributed by atoms with Crippen molar-refractivity contribution in [3.8, 4) is 0 Å². The second-order valence-electron chi connectivity index (χ2n) is 23.4. The molecule has 0 radical (unpaired) electrons. The molecule has 80 heavy (non-hydrogen) atoms. The van der Waals surface area contributed by atoms with Crippen LogP contribution in [0.3, 0.4) is 0 Å². The van der Waals surface area contributed by atoms with Crippen molar-refractivity contribution in [2.24, 2.45) is 0 Å². The molecule has 6 heteroatoms. The molecule has 0 aromatic carbocycles. The van der Waals surface area contributed by atoms with Crippen LogP contribution in [0, 0.1) is 0 Å². The van der Waals surface area contributed by atoms with Crippen molar-refractivity contribution in [2.45, 2.75) is 367 Å². The molecule has 0 aromatic rings. The molecule has 0 bridgehead atoms. The van der Waals surface area contributed by atoms with Crippen molar-refractivity contribution < 1.29 is 28.6 Å². The summed E-state index contributed by atoms with van der Waals surface area (Å²) in [6, 6.07) is 0. The van der Waals surface area contributed by atoms with Gasteiger partial charge in [0, 0.05) is 19.3 Å². The minimum absolute atomic E-state index is 0.0712. The summed E-state index contributed by atoms with van der Waals surface area (Å²) in [6.45, 7) is 6.52. The van der Waals surface area contributed by atoms with Gasteiger partial charge in [-0.1, -0.05) is 344 Å².